The Hall–Kier alpha value is -2.93. The first-order valence-electron chi connectivity index (χ1n) is 10.1. The van der Waals surface area contributed by atoms with Crippen LogP contribution in [0.5, 0.6) is 0 Å². The number of nitrogens with zero attached hydrogens (tertiary/aromatic N) is 5. The fourth-order valence-corrected chi connectivity index (χ4v) is 3.86. The molecular formula is C22H27N5O2. The second-order valence-electron chi connectivity index (χ2n) is 7.71. The van der Waals surface area contributed by atoms with E-state index in [0.717, 1.165) is 30.9 Å². The van der Waals surface area contributed by atoms with Crippen molar-refractivity contribution in [3.63, 3.8) is 0 Å². The van der Waals surface area contributed by atoms with Crippen molar-refractivity contribution in [3.05, 3.63) is 59.9 Å². The summed E-state index contributed by atoms with van der Waals surface area (Å²) in [6.07, 6.45) is 3.66. The van der Waals surface area contributed by atoms with Gasteiger partial charge in [0, 0.05) is 63.9 Å². The molecule has 7 nitrogen and oxygen atoms in total. The summed E-state index contributed by atoms with van der Waals surface area (Å²) in [6.45, 7) is 7.31. The highest BCUT2D eigenvalue weighted by Crippen LogP contribution is 2.21. The van der Waals surface area contributed by atoms with Crippen LogP contribution in [-0.4, -0.2) is 77.4 Å². The maximum atomic E-state index is 12.7. The summed E-state index contributed by atoms with van der Waals surface area (Å²) in [6, 6.07) is 11.9. The highest BCUT2D eigenvalue weighted by atomic mass is 16.2. The SMILES string of the molecule is Cc1ccc(N2CCN(CC(=O)N3CCN(Cc4cccnc4)CC3)C2=O)cc1. The first kappa shape index (κ1) is 19.4. The lowest BCUT2D eigenvalue weighted by molar-refractivity contribution is -0.133. The van der Waals surface area contributed by atoms with E-state index < -0.39 is 0 Å². The number of rotatable bonds is 5. The van der Waals surface area contributed by atoms with Crippen LogP contribution in [0.25, 0.3) is 0 Å². The molecule has 2 aliphatic rings. The van der Waals surface area contributed by atoms with Gasteiger partial charge in [-0.25, -0.2) is 4.79 Å². The van der Waals surface area contributed by atoms with E-state index >= 15 is 0 Å². The third-order valence-electron chi connectivity index (χ3n) is 5.62. The molecule has 3 amide bonds. The van der Waals surface area contributed by atoms with Crippen molar-refractivity contribution in [2.45, 2.75) is 13.5 Å². The molecule has 0 unspecified atom stereocenters. The van der Waals surface area contributed by atoms with Crippen LogP contribution in [0.15, 0.2) is 48.8 Å². The number of carbonyl (C=O) groups is 2. The molecule has 1 aromatic heterocycles. The normalized spacial score (nSPS) is 17.8. The van der Waals surface area contributed by atoms with Gasteiger partial charge >= 0.3 is 6.03 Å². The van der Waals surface area contributed by atoms with E-state index in [-0.39, 0.29) is 18.5 Å². The van der Waals surface area contributed by atoms with Crippen molar-refractivity contribution >= 4 is 17.6 Å². The van der Waals surface area contributed by atoms with E-state index in [0.29, 0.717) is 26.2 Å². The molecule has 2 aromatic rings. The second kappa shape index (κ2) is 8.61. The van der Waals surface area contributed by atoms with Gasteiger partial charge in [-0.2, -0.15) is 0 Å². The average molecular weight is 393 g/mol. The van der Waals surface area contributed by atoms with Crippen LogP contribution in [0.4, 0.5) is 10.5 Å². The zero-order valence-electron chi connectivity index (χ0n) is 16.8. The summed E-state index contributed by atoms with van der Waals surface area (Å²) in [4.78, 5) is 37.2. The Morgan fingerprint density at radius 1 is 1.00 bits per heavy atom. The summed E-state index contributed by atoms with van der Waals surface area (Å²) in [7, 11) is 0. The Morgan fingerprint density at radius 3 is 2.45 bits per heavy atom. The Labute approximate surface area is 171 Å². The maximum Gasteiger partial charge on any atom is 0.325 e. The molecule has 0 aliphatic carbocycles. The van der Waals surface area contributed by atoms with Gasteiger partial charge in [0.2, 0.25) is 5.91 Å². The number of hydrogen-bond acceptors (Lipinski definition) is 4. The van der Waals surface area contributed by atoms with Gasteiger partial charge in [0.15, 0.2) is 0 Å². The number of urea groups is 1. The number of carbonyl (C=O) groups excluding carboxylic acids is 2. The molecular weight excluding hydrogens is 366 g/mol. The molecule has 7 heteroatoms. The van der Waals surface area contributed by atoms with Gasteiger partial charge in [0.05, 0.1) is 0 Å². The molecule has 0 radical (unpaired) electrons. The molecule has 2 saturated heterocycles. The lowest BCUT2D eigenvalue weighted by Gasteiger charge is -2.35. The van der Waals surface area contributed by atoms with E-state index in [9.17, 15) is 9.59 Å². The lowest BCUT2D eigenvalue weighted by atomic mass is 10.2. The topological polar surface area (TPSA) is 60.0 Å². The third-order valence-corrected chi connectivity index (χ3v) is 5.62. The molecule has 152 valence electrons. The molecule has 0 saturated carbocycles. The van der Waals surface area contributed by atoms with E-state index in [1.54, 1.807) is 16.0 Å². The lowest BCUT2D eigenvalue weighted by Crippen LogP contribution is -2.51. The standard InChI is InChI=1S/C22H27N5O2/c1-18-4-6-20(7-5-18)27-14-13-26(22(27)29)17-21(28)25-11-9-24(10-12-25)16-19-3-2-8-23-15-19/h2-8,15H,9-14,16-17H2,1H3. The van der Waals surface area contributed by atoms with Crippen LogP contribution in [0, 0.1) is 6.92 Å². The molecule has 0 N–H and O–H groups in total. The molecule has 2 aliphatic heterocycles. The Kier molecular flexibility index (Phi) is 5.76. The predicted molar refractivity (Wildman–Crippen MR) is 112 cm³/mol. The Balaban J connectivity index is 1.27. The van der Waals surface area contributed by atoms with E-state index in [1.807, 2.05) is 48.4 Å². The predicted octanol–water partition coefficient (Wildman–Crippen LogP) is 1.98. The number of anilines is 1. The van der Waals surface area contributed by atoms with Gasteiger partial charge in [-0.1, -0.05) is 23.8 Å². The monoisotopic (exact) mass is 393 g/mol. The van der Waals surface area contributed by atoms with Crippen LogP contribution in [0.3, 0.4) is 0 Å². The van der Waals surface area contributed by atoms with Gasteiger partial charge in [-0.15, -0.1) is 0 Å². The molecule has 3 heterocycles. The number of aryl methyl sites for hydroxylation is 1. The van der Waals surface area contributed by atoms with Crippen molar-refractivity contribution in [2.24, 2.45) is 0 Å². The van der Waals surface area contributed by atoms with Gasteiger partial charge in [0.25, 0.3) is 0 Å². The fourth-order valence-electron chi connectivity index (χ4n) is 3.86. The average Bonchev–Trinajstić information content (AvgIpc) is 3.10. The number of piperazine rings is 1. The van der Waals surface area contributed by atoms with Crippen LogP contribution in [0.1, 0.15) is 11.1 Å². The summed E-state index contributed by atoms with van der Waals surface area (Å²) >= 11 is 0. The van der Waals surface area contributed by atoms with Crippen molar-refractivity contribution in [2.75, 3.05) is 50.7 Å². The van der Waals surface area contributed by atoms with Gasteiger partial charge in [0.1, 0.15) is 6.54 Å². The molecule has 0 spiro atoms. The minimum atomic E-state index is -0.0857. The summed E-state index contributed by atoms with van der Waals surface area (Å²) < 4.78 is 0. The first-order valence-corrected chi connectivity index (χ1v) is 10.1. The quantitative estimate of drug-likeness (QED) is 0.779. The minimum Gasteiger partial charge on any atom is -0.339 e. The number of pyridine rings is 1. The van der Waals surface area contributed by atoms with Crippen LogP contribution in [-0.2, 0) is 11.3 Å². The molecule has 29 heavy (non-hydrogen) atoms. The minimum absolute atomic E-state index is 0.0325. The zero-order chi connectivity index (χ0) is 20.2. The van der Waals surface area contributed by atoms with Crippen molar-refractivity contribution < 1.29 is 9.59 Å². The molecule has 1 aromatic carbocycles. The Morgan fingerprint density at radius 2 is 1.76 bits per heavy atom. The summed E-state index contributed by atoms with van der Waals surface area (Å²) in [5.74, 6) is 0.0325. The van der Waals surface area contributed by atoms with Crippen molar-refractivity contribution in [1.82, 2.24) is 19.7 Å². The van der Waals surface area contributed by atoms with E-state index in [4.69, 9.17) is 0 Å². The molecule has 0 atom stereocenters. The highest BCUT2D eigenvalue weighted by Gasteiger charge is 2.32. The van der Waals surface area contributed by atoms with Gasteiger partial charge < -0.3 is 9.80 Å². The maximum absolute atomic E-state index is 12.7. The number of amides is 3. The summed E-state index contributed by atoms with van der Waals surface area (Å²) in [5, 5.41) is 0. The number of hydrogen-bond donors (Lipinski definition) is 0. The van der Waals surface area contributed by atoms with Crippen LogP contribution < -0.4 is 4.90 Å². The first-order chi connectivity index (χ1) is 14.1. The van der Waals surface area contributed by atoms with Gasteiger partial charge in [-0.05, 0) is 30.7 Å². The van der Waals surface area contributed by atoms with Crippen LogP contribution >= 0.6 is 0 Å². The number of aromatic nitrogens is 1. The molecule has 4 rings (SSSR count). The number of benzene rings is 1. The van der Waals surface area contributed by atoms with E-state index in [1.165, 1.54) is 5.56 Å². The van der Waals surface area contributed by atoms with Crippen molar-refractivity contribution in [1.29, 1.82) is 0 Å². The smallest absolute Gasteiger partial charge is 0.325 e. The molecule has 0 bridgehead atoms. The van der Waals surface area contributed by atoms with E-state index in [2.05, 4.69) is 16.0 Å². The van der Waals surface area contributed by atoms with Crippen molar-refractivity contribution in [3.8, 4) is 0 Å². The molecule has 2 fully saturated rings. The largest absolute Gasteiger partial charge is 0.339 e. The Bertz CT molecular complexity index is 847. The van der Waals surface area contributed by atoms with Crippen LogP contribution in [0.2, 0.25) is 0 Å². The van der Waals surface area contributed by atoms with Gasteiger partial charge in [-0.3, -0.25) is 19.6 Å². The fraction of sp³-hybridized carbons (Fsp3) is 0.409. The summed E-state index contributed by atoms with van der Waals surface area (Å²) in [5.41, 5.74) is 3.24. The highest BCUT2D eigenvalue weighted by molar-refractivity contribution is 5.96. The second-order valence-corrected chi connectivity index (χ2v) is 7.71. The zero-order valence-corrected chi connectivity index (χ0v) is 16.8. The third kappa shape index (κ3) is 4.56.